The standard InChI is InChI=1S/C16H17FN2O4/c1-10(21)18-7-12-8-19(15(22)23-12)11-2-3-13(14(17)6-11)16(9-20)4-5-16/h2-3,6,9,12H,4-5,7-8H2,1H3,(H,18,21). The smallest absolute Gasteiger partial charge is 0.414 e. The monoisotopic (exact) mass is 320 g/mol. The van der Waals surface area contributed by atoms with E-state index in [1.165, 1.54) is 17.9 Å². The van der Waals surface area contributed by atoms with Crippen LogP contribution in [0.3, 0.4) is 0 Å². The van der Waals surface area contributed by atoms with E-state index in [4.69, 9.17) is 4.74 Å². The lowest BCUT2D eigenvalue weighted by Gasteiger charge is -2.16. The first-order valence-electron chi connectivity index (χ1n) is 7.44. The first-order chi connectivity index (χ1) is 10.9. The Morgan fingerprint density at radius 3 is 2.83 bits per heavy atom. The Hall–Kier alpha value is -2.44. The normalized spacial score (nSPS) is 21.7. The quantitative estimate of drug-likeness (QED) is 0.835. The summed E-state index contributed by atoms with van der Waals surface area (Å²) in [6.45, 7) is 1.83. The number of amides is 2. The summed E-state index contributed by atoms with van der Waals surface area (Å²) in [6, 6.07) is 4.42. The summed E-state index contributed by atoms with van der Waals surface area (Å²) in [5.41, 5.74) is 0.0594. The van der Waals surface area contributed by atoms with Gasteiger partial charge in [0.15, 0.2) is 0 Å². The minimum atomic E-state index is -0.692. The number of nitrogens with zero attached hydrogens (tertiary/aromatic N) is 1. The minimum Gasteiger partial charge on any atom is -0.442 e. The van der Waals surface area contributed by atoms with Crippen molar-refractivity contribution in [2.24, 2.45) is 0 Å². The van der Waals surface area contributed by atoms with Crippen LogP contribution in [-0.4, -0.2) is 37.5 Å². The molecule has 122 valence electrons. The number of rotatable bonds is 5. The second kappa shape index (κ2) is 5.64. The maximum atomic E-state index is 14.3. The Morgan fingerprint density at radius 1 is 1.52 bits per heavy atom. The SMILES string of the molecule is CC(=O)NCC1CN(c2ccc(C3(C=O)CC3)c(F)c2)C(=O)O1. The molecule has 1 aromatic carbocycles. The maximum absolute atomic E-state index is 14.3. The van der Waals surface area contributed by atoms with Crippen molar-refractivity contribution in [3.8, 4) is 0 Å². The molecule has 6 nitrogen and oxygen atoms in total. The zero-order chi connectivity index (χ0) is 16.6. The molecule has 3 rings (SSSR count). The van der Waals surface area contributed by atoms with Crippen molar-refractivity contribution < 1.29 is 23.5 Å². The molecule has 1 aliphatic carbocycles. The molecule has 1 saturated carbocycles. The molecule has 1 aromatic rings. The highest BCUT2D eigenvalue weighted by Crippen LogP contribution is 2.47. The lowest BCUT2D eigenvalue weighted by molar-refractivity contribution is -0.119. The van der Waals surface area contributed by atoms with Crippen LogP contribution in [0.4, 0.5) is 14.9 Å². The van der Waals surface area contributed by atoms with Crippen molar-refractivity contribution in [1.29, 1.82) is 0 Å². The van der Waals surface area contributed by atoms with E-state index in [1.54, 1.807) is 12.1 Å². The molecule has 23 heavy (non-hydrogen) atoms. The molecular weight excluding hydrogens is 303 g/mol. The van der Waals surface area contributed by atoms with Gasteiger partial charge in [-0.05, 0) is 25.0 Å². The van der Waals surface area contributed by atoms with E-state index in [0.717, 1.165) is 6.29 Å². The Balaban J connectivity index is 1.75. The van der Waals surface area contributed by atoms with Crippen molar-refractivity contribution in [3.05, 3.63) is 29.6 Å². The third kappa shape index (κ3) is 2.91. The first-order valence-corrected chi connectivity index (χ1v) is 7.44. The topological polar surface area (TPSA) is 75.7 Å². The van der Waals surface area contributed by atoms with Gasteiger partial charge in [-0.3, -0.25) is 9.69 Å². The molecule has 0 spiro atoms. The maximum Gasteiger partial charge on any atom is 0.414 e. The Morgan fingerprint density at radius 2 is 2.26 bits per heavy atom. The summed E-state index contributed by atoms with van der Waals surface area (Å²) in [6.07, 6.45) is 1.04. The van der Waals surface area contributed by atoms with Crippen LogP contribution >= 0.6 is 0 Å². The van der Waals surface area contributed by atoms with Crippen LogP contribution in [0, 0.1) is 5.82 Å². The molecule has 0 radical (unpaired) electrons. The number of aldehydes is 1. The second-order valence-electron chi connectivity index (χ2n) is 5.99. The number of hydrogen-bond donors (Lipinski definition) is 1. The number of nitrogens with one attached hydrogen (secondary N) is 1. The molecular formula is C16H17FN2O4. The van der Waals surface area contributed by atoms with Gasteiger partial charge in [0.1, 0.15) is 18.2 Å². The molecule has 1 aliphatic heterocycles. The molecule has 0 bridgehead atoms. The number of hydrogen-bond acceptors (Lipinski definition) is 4. The highest BCUT2D eigenvalue weighted by molar-refractivity contribution is 5.90. The number of carbonyl (C=O) groups excluding carboxylic acids is 3. The highest BCUT2D eigenvalue weighted by atomic mass is 19.1. The van der Waals surface area contributed by atoms with E-state index in [1.807, 2.05) is 0 Å². The molecule has 2 amide bonds. The molecule has 2 fully saturated rings. The van der Waals surface area contributed by atoms with Crippen LogP contribution in [-0.2, 0) is 19.7 Å². The molecule has 1 unspecified atom stereocenters. The van der Waals surface area contributed by atoms with Crippen LogP contribution in [0.2, 0.25) is 0 Å². The summed E-state index contributed by atoms with van der Waals surface area (Å²) in [5, 5.41) is 2.58. The van der Waals surface area contributed by atoms with Crippen molar-refractivity contribution in [2.45, 2.75) is 31.3 Å². The van der Waals surface area contributed by atoms with Crippen molar-refractivity contribution in [2.75, 3.05) is 18.0 Å². The van der Waals surface area contributed by atoms with Crippen LogP contribution in [0.1, 0.15) is 25.3 Å². The van der Waals surface area contributed by atoms with Gasteiger partial charge in [0.25, 0.3) is 0 Å². The van der Waals surface area contributed by atoms with Gasteiger partial charge in [-0.2, -0.15) is 0 Å². The summed E-state index contributed by atoms with van der Waals surface area (Å²) in [5.74, 6) is -0.705. The molecule has 7 heteroatoms. The molecule has 1 heterocycles. The largest absolute Gasteiger partial charge is 0.442 e. The fourth-order valence-electron chi connectivity index (χ4n) is 2.76. The van der Waals surface area contributed by atoms with Gasteiger partial charge in [-0.1, -0.05) is 6.07 Å². The van der Waals surface area contributed by atoms with Gasteiger partial charge >= 0.3 is 6.09 Å². The lowest BCUT2D eigenvalue weighted by Crippen LogP contribution is -2.33. The van der Waals surface area contributed by atoms with Gasteiger partial charge in [-0.15, -0.1) is 0 Å². The molecule has 2 aliphatic rings. The number of anilines is 1. The Labute approximate surface area is 132 Å². The first kappa shape index (κ1) is 15.5. The average molecular weight is 320 g/mol. The van der Waals surface area contributed by atoms with E-state index in [-0.39, 0.29) is 19.0 Å². The van der Waals surface area contributed by atoms with E-state index >= 15 is 0 Å². The fraction of sp³-hybridized carbons (Fsp3) is 0.438. The highest BCUT2D eigenvalue weighted by Gasteiger charge is 2.46. The number of ether oxygens (including phenoxy) is 1. The average Bonchev–Trinajstić information content (AvgIpc) is 3.22. The number of cyclic esters (lactones) is 1. The van der Waals surface area contributed by atoms with Crippen LogP contribution in [0.25, 0.3) is 0 Å². The zero-order valence-corrected chi connectivity index (χ0v) is 12.7. The number of benzene rings is 1. The van der Waals surface area contributed by atoms with E-state index < -0.39 is 23.4 Å². The van der Waals surface area contributed by atoms with Gasteiger partial charge in [0, 0.05) is 12.5 Å². The van der Waals surface area contributed by atoms with Gasteiger partial charge in [-0.25, -0.2) is 9.18 Å². The Bertz CT molecular complexity index is 672. The van der Waals surface area contributed by atoms with Crippen molar-refractivity contribution in [1.82, 2.24) is 5.32 Å². The van der Waals surface area contributed by atoms with Gasteiger partial charge < -0.3 is 14.8 Å². The van der Waals surface area contributed by atoms with Crippen LogP contribution in [0.15, 0.2) is 18.2 Å². The van der Waals surface area contributed by atoms with E-state index in [9.17, 15) is 18.8 Å². The predicted molar refractivity (Wildman–Crippen MR) is 79.7 cm³/mol. The minimum absolute atomic E-state index is 0.210. The van der Waals surface area contributed by atoms with Crippen LogP contribution in [0.5, 0.6) is 0 Å². The second-order valence-corrected chi connectivity index (χ2v) is 5.99. The zero-order valence-electron chi connectivity index (χ0n) is 12.7. The van der Waals surface area contributed by atoms with Crippen LogP contribution < -0.4 is 10.2 Å². The number of halogens is 1. The van der Waals surface area contributed by atoms with Gasteiger partial charge in [0.05, 0.1) is 24.2 Å². The molecule has 1 atom stereocenters. The molecule has 0 aromatic heterocycles. The van der Waals surface area contributed by atoms with E-state index in [2.05, 4.69) is 5.32 Å². The van der Waals surface area contributed by atoms with Gasteiger partial charge in [0.2, 0.25) is 5.91 Å². The third-order valence-corrected chi connectivity index (χ3v) is 4.27. The predicted octanol–water partition coefficient (Wildman–Crippen LogP) is 1.52. The molecule has 1 N–H and O–H groups in total. The van der Waals surface area contributed by atoms with Crippen molar-refractivity contribution in [3.63, 3.8) is 0 Å². The third-order valence-electron chi connectivity index (χ3n) is 4.27. The summed E-state index contributed by atoms with van der Waals surface area (Å²) in [4.78, 5) is 35.2. The number of carbonyl (C=O) groups is 3. The Kier molecular flexibility index (Phi) is 3.79. The van der Waals surface area contributed by atoms with Crippen molar-refractivity contribution >= 4 is 24.0 Å². The molecule has 1 saturated heterocycles. The summed E-state index contributed by atoms with van der Waals surface area (Å²) >= 11 is 0. The summed E-state index contributed by atoms with van der Waals surface area (Å²) < 4.78 is 19.5. The fourth-order valence-corrected chi connectivity index (χ4v) is 2.76. The van der Waals surface area contributed by atoms with E-state index in [0.29, 0.717) is 24.1 Å². The summed E-state index contributed by atoms with van der Waals surface area (Å²) in [7, 11) is 0. The lowest BCUT2D eigenvalue weighted by atomic mass is 9.97.